The third-order valence-corrected chi connectivity index (χ3v) is 5.70. The fourth-order valence-corrected chi connectivity index (χ4v) is 4.29. The van der Waals surface area contributed by atoms with Crippen molar-refractivity contribution in [1.82, 2.24) is 14.5 Å². The van der Waals surface area contributed by atoms with Crippen LogP contribution >= 0.6 is 0 Å². The molecule has 0 unspecified atom stereocenters. The quantitative estimate of drug-likeness (QED) is 0.545. The van der Waals surface area contributed by atoms with Crippen molar-refractivity contribution in [3.05, 3.63) is 30.1 Å². The van der Waals surface area contributed by atoms with E-state index in [0.29, 0.717) is 18.4 Å². The third kappa shape index (κ3) is 3.61. The van der Waals surface area contributed by atoms with Crippen LogP contribution in [0.25, 0.3) is 11.0 Å². The van der Waals surface area contributed by atoms with Gasteiger partial charge in [0.05, 0.1) is 29.3 Å². The van der Waals surface area contributed by atoms with E-state index < -0.39 is 19.1 Å². The highest BCUT2D eigenvalue weighted by atomic mass is 19.3. The zero-order valence-corrected chi connectivity index (χ0v) is 15.7. The summed E-state index contributed by atoms with van der Waals surface area (Å²) in [5.41, 5.74) is 0.638. The second-order valence-corrected chi connectivity index (χ2v) is 7.40. The summed E-state index contributed by atoms with van der Waals surface area (Å²) >= 11 is 0. The van der Waals surface area contributed by atoms with Crippen molar-refractivity contribution >= 4 is 28.8 Å². The molecule has 2 amide bonds. The molecule has 154 valence electrons. The summed E-state index contributed by atoms with van der Waals surface area (Å²) in [5.74, 6) is -1.70. The summed E-state index contributed by atoms with van der Waals surface area (Å²) < 4.78 is 32.6. The number of nitrogens with zero attached hydrogens (tertiary/aromatic N) is 3. The molecule has 0 N–H and O–H groups in total. The molecule has 9 heteroatoms. The molecule has 2 atom stereocenters. The van der Waals surface area contributed by atoms with Crippen LogP contribution in [0.1, 0.15) is 44.5 Å². The van der Waals surface area contributed by atoms with Gasteiger partial charge >= 0.3 is 12.5 Å². The Balaban J connectivity index is 1.36. The lowest BCUT2D eigenvalue weighted by Gasteiger charge is -2.19. The summed E-state index contributed by atoms with van der Waals surface area (Å²) in [6.45, 7) is -3.28. The van der Waals surface area contributed by atoms with E-state index in [-0.39, 0.29) is 48.0 Å². The maximum atomic E-state index is 13.4. The van der Waals surface area contributed by atoms with Gasteiger partial charge in [0, 0.05) is 6.54 Å². The predicted octanol–water partition coefficient (Wildman–Crippen LogP) is 3.04. The van der Waals surface area contributed by atoms with Crippen molar-refractivity contribution < 1.29 is 27.9 Å². The number of hydrogen-bond donors (Lipinski definition) is 0. The number of amides is 2. The SMILES string of the molecule is O=C(CCN1C(=O)[C@@H]2CCCC[C@H]2C1=O)OCc1nc2ccccc2n1C(F)F. The molecule has 0 radical (unpaired) electrons. The first kappa shape index (κ1) is 19.5. The Bertz CT molecular complexity index is 934. The van der Waals surface area contributed by atoms with Crippen LogP contribution in [0.2, 0.25) is 0 Å². The number of imide groups is 1. The maximum Gasteiger partial charge on any atom is 0.320 e. The Morgan fingerprint density at radius 2 is 1.79 bits per heavy atom. The minimum Gasteiger partial charge on any atom is -0.457 e. The van der Waals surface area contributed by atoms with Gasteiger partial charge in [0.2, 0.25) is 11.8 Å². The molecule has 0 bridgehead atoms. The molecule has 1 saturated carbocycles. The van der Waals surface area contributed by atoms with E-state index in [0.717, 1.165) is 22.3 Å². The van der Waals surface area contributed by atoms with Gasteiger partial charge in [-0.05, 0) is 25.0 Å². The van der Waals surface area contributed by atoms with Crippen LogP contribution in [-0.4, -0.2) is 38.8 Å². The second kappa shape index (κ2) is 7.88. The molecule has 2 heterocycles. The second-order valence-electron chi connectivity index (χ2n) is 7.40. The van der Waals surface area contributed by atoms with Crippen molar-refractivity contribution in [1.29, 1.82) is 0 Å². The van der Waals surface area contributed by atoms with Gasteiger partial charge in [-0.15, -0.1) is 0 Å². The summed E-state index contributed by atoms with van der Waals surface area (Å²) in [6, 6.07) is 6.43. The van der Waals surface area contributed by atoms with Gasteiger partial charge < -0.3 is 4.74 Å². The molecule has 1 aliphatic carbocycles. The van der Waals surface area contributed by atoms with Gasteiger partial charge in [0.25, 0.3) is 0 Å². The minimum absolute atomic E-state index is 0.0469. The van der Waals surface area contributed by atoms with Crippen LogP contribution in [0.3, 0.4) is 0 Å². The zero-order chi connectivity index (χ0) is 20.5. The number of benzene rings is 1. The zero-order valence-electron chi connectivity index (χ0n) is 15.7. The number of carbonyl (C=O) groups excluding carboxylic acids is 3. The van der Waals surface area contributed by atoms with Crippen LogP contribution in [0, 0.1) is 11.8 Å². The number of para-hydroxylation sites is 2. The normalized spacial score (nSPS) is 21.8. The highest BCUT2D eigenvalue weighted by molar-refractivity contribution is 6.05. The van der Waals surface area contributed by atoms with E-state index in [1.165, 1.54) is 6.07 Å². The van der Waals surface area contributed by atoms with Crippen molar-refractivity contribution in [3.8, 4) is 0 Å². The first-order valence-electron chi connectivity index (χ1n) is 9.72. The Morgan fingerprint density at radius 1 is 1.14 bits per heavy atom. The van der Waals surface area contributed by atoms with Gasteiger partial charge in [-0.2, -0.15) is 8.78 Å². The Hall–Kier alpha value is -2.84. The summed E-state index contributed by atoms with van der Waals surface area (Å²) in [5, 5.41) is 0. The first-order chi connectivity index (χ1) is 14.0. The molecule has 1 aromatic heterocycles. The number of fused-ring (bicyclic) bond motifs is 2. The van der Waals surface area contributed by atoms with E-state index in [1.54, 1.807) is 18.2 Å². The van der Waals surface area contributed by atoms with Crippen LogP contribution in [-0.2, 0) is 25.7 Å². The molecule has 1 aliphatic heterocycles. The van der Waals surface area contributed by atoms with E-state index in [2.05, 4.69) is 4.98 Å². The average Bonchev–Trinajstić information content (AvgIpc) is 3.21. The number of imidazole rings is 1. The number of halogens is 2. The first-order valence-corrected chi connectivity index (χ1v) is 9.72. The Kier molecular flexibility index (Phi) is 5.29. The van der Waals surface area contributed by atoms with E-state index in [4.69, 9.17) is 4.74 Å². The lowest BCUT2D eigenvalue weighted by Crippen LogP contribution is -2.33. The number of carbonyl (C=O) groups is 3. The molecule has 0 spiro atoms. The van der Waals surface area contributed by atoms with Crippen molar-refractivity contribution in [3.63, 3.8) is 0 Å². The number of esters is 1. The number of rotatable bonds is 6. The maximum absolute atomic E-state index is 13.4. The van der Waals surface area contributed by atoms with Crippen molar-refractivity contribution in [2.45, 2.75) is 45.3 Å². The molecule has 2 aromatic rings. The highest BCUT2D eigenvalue weighted by Gasteiger charge is 2.47. The smallest absolute Gasteiger partial charge is 0.320 e. The molecule has 7 nitrogen and oxygen atoms in total. The molecular weight excluding hydrogens is 384 g/mol. The number of ether oxygens (including phenoxy) is 1. The molecule has 2 fully saturated rings. The minimum atomic E-state index is -2.82. The summed E-state index contributed by atoms with van der Waals surface area (Å²) in [6.07, 6.45) is 3.11. The third-order valence-electron chi connectivity index (χ3n) is 5.70. The van der Waals surface area contributed by atoms with Gasteiger partial charge in [-0.1, -0.05) is 25.0 Å². The van der Waals surface area contributed by atoms with Gasteiger partial charge in [0.1, 0.15) is 6.61 Å². The lowest BCUT2D eigenvalue weighted by atomic mass is 9.81. The Morgan fingerprint density at radius 3 is 2.45 bits per heavy atom. The number of likely N-dealkylation sites (tertiary alicyclic amines) is 1. The van der Waals surface area contributed by atoms with Gasteiger partial charge in [-0.25, -0.2) is 4.98 Å². The highest BCUT2D eigenvalue weighted by Crippen LogP contribution is 2.38. The standard InChI is InChI=1S/C20H21F2N3O4/c21-20(22)25-15-8-4-3-7-14(15)23-16(25)11-29-17(26)9-10-24-18(27)12-5-1-2-6-13(12)19(24)28/h3-4,7-8,12-13,20H,1-2,5-6,9-11H2/t12-,13-/m1/s1. The van der Waals surface area contributed by atoms with Gasteiger partial charge in [0.15, 0.2) is 5.82 Å². The summed E-state index contributed by atoms with van der Waals surface area (Å²) in [4.78, 5) is 42.2. The van der Waals surface area contributed by atoms with Crippen LogP contribution < -0.4 is 0 Å². The molecule has 4 rings (SSSR count). The summed E-state index contributed by atoms with van der Waals surface area (Å²) in [7, 11) is 0. The number of aromatic nitrogens is 2. The largest absolute Gasteiger partial charge is 0.457 e. The van der Waals surface area contributed by atoms with Crippen molar-refractivity contribution in [2.75, 3.05) is 6.54 Å². The van der Waals surface area contributed by atoms with Crippen LogP contribution in [0.4, 0.5) is 8.78 Å². The molecule has 2 aliphatic rings. The van der Waals surface area contributed by atoms with E-state index in [9.17, 15) is 23.2 Å². The molecule has 1 aromatic carbocycles. The monoisotopic (exact) mass is 405 g/mol. The van der Waals surface area contributed by atoms with Crippen LogP contribution in [0.5, 0.6) is 0 Å². The van der Waals surface area contributed by atoms with E-state index >= 15 is 0 Å². The predicted molar refractivity (Wildman–Crippen MR) is 97.6 cm³/mol. The molecular formula is C20H21F2N3O4. The molecule has 29 heavy (non-hydrogen) atoms. The van der Waals surface area contributed by atoms with E-state index in [1.807, 2.05) is 0 Å². The van der Waals surface area contributed by atoms with Crippen LogP contribution in [0.15, 0.2) is 24.3 Å². The average molecular weight is 405 g/mol. The Labute approximate surface area is 165 Å². The lowest BCUT2D eigenvalue weighted by molar-refractivity contribution is -0.147. The van der Waals surface area contributed by atoms with Crippen molar-refractivity contribution in [2.24, 2.45) is 11.8 Å². The fraction of sp³-hybridized carbons (Fsp3) is 0.500. The topological polar surface area (TPSA) is 81.5 Å². The molecule has 1 saturated heterocycles. The fourth-order valence-electron chi connectivity index (χ4n) is 4.29. The number of alkyl halides is 2. The van der Waals surface area contributed by atoms with Gasteiger partial charge in [-0.3, -0.25) is 23.9 Å². The number of hydrogen-bond acceptors (Lipinski definition) is 5.